The van der Waals surface area contributed by atoms with Crippen molar-refractivity contribution in [1.82, 2.24) is 0 Å². The van der Waals surface area contributed by atoms with E-state index in [1.54, 1.807) is 6.07 Å². The molecule has 2 rings (SSSR count). The molecule has 22 heavy (non-hydrogen) atoms. The minimum Gasteiger partial charge on any atom is -0.465 e. The molecule has 0 aromatic heterocycles. The number of hydrogen-bond donors (Lipinski definition) is 1. The maximum absolute atomic E-state index is 12.3. The first-order chi connectivity index (χ1) is 10.3. The minimum absolute atomic E-state index is 0.0376. The Morgan fingerprint density at radius 2 is 1.82 bits per heavy atom. The van der Waals surface area contributed by atoms with Crippen molar-refractivity contribution in [2.45, 2.75) is 4.90 Å². The van der Waals surface area contributed by atoms with E-state index in [4.69, 9.17) is 11.6 Å². The summed E-state index contributed by atoms with van der Waals surface area (Å²) in [6.45, 7) is 0. The lowest BCUT2D eigenvalue weighted by molar-refractivity contribution is 0.0602. The van der Waals surface area contributed by atoms with E-state index in [9.17, 15) is 13.2 Å². The van der Waals surface area contributed by atoms with Crippen molar-refractivity contribution in [2.75, 3.05) is 11.8 Å². The van der Waals surface area contributed by atoms with Gasteiger partial charge in [0, 0.05) is 9.50 Å². The highest BCUT2D eigenvalue weighted by atomic mass is 79.9. The molecule has 1 N–H and O–H groups in total. The van der Waals surface area contributed by atoms with Gasteiger partial charge in [-0.25, -0.2) is 13.2 Å². The smallest absolute Gasteiger partial charge is 0.340 e. The lowest BCUT2D eigenvalue weighted by Crippen LogP contribution is -2.16. The number of rotatable bonds is 4. The Balaban J connectivity index is 2.41. The summed E-state index contributed by atoms with van der Waals surface area (Å²) in [5, 5.41) is 0.429. The second-order valence-electron chi connectivity index (χ2n) is 4.24. The predicted molar refractivity (Wildman–Crippen MR) is 87.7 cm³/mol. The fourth-order valence-electron chi connectivity index (χ4n) is 1.70. The first-order valence-corrected chi connectivity index (χ1v) is 8.65. The molecule has 5 nitrogen and oxygen atoms in total. The molecule has 0 spiro atoms. The molecule has 0 saturated heterocycles. The van der Waals surface area contributed by atoms with Gasteiger partial charge < -0.3 is 4.74 Å². The Morgan fingerprint density at radius 3 is 2.41 bits per heavy atom. The van der Waals surface area contributed by atoms with Gasteiger partial charge in [-0.05, 0) is 42.5 Å². The number of esters is 1. The number of benzene rings is 2. The molecule has 0 amide bonds. The Morgan fingerprint density at radius 1 is 1.18 bits per heavy atom. The van der Waals surface area contributed by atoms with Crippen LogP contribution in [0, 0.1) is 0 Å². The second-order valence-corrected chi connectivity index (χ2v) is 7.28. The van der Waals surface area contributed by atoms with Crippen molar-refractivity contribution in [3.8, 4) is 0 Å². The summed E-state index contributed by atoms with van der Waals surface area (Å²) in [4.78, 5) is 11.8. The zero-order chi connectivity index (χ0) is 16.3. The van der Waals surface area contributed by atoms with Gasteiger partial charge in [0.2, 0.25) is 0 Å². The first-order valence-electron chi connectivity index (χ1n) is 6.00. The largest absolute Gasteiger partial charge is 0.465 e. The van der Waals surface area contributed by atoms with Crippen LogP contribution >= 0.6 is 27.5 Å². The highest BCUT2D eigenvalue weighted by molar-refractivity contribution is 9.10. The van der Waals surface area contributed by atoms with Gasteiger partial charge in [-0.1, -0.05) is 27.5 Å². The molecule has 0 unspecified atom stereocenters. The molecule has 2 aromatic carbocycles. The molecule has 0 atom stereocenters. The van der Waals surface area contributed by atoms with Crippen LogP contribution in [0.5, 0.6) is 0 Å². The van der Waals surface area contributed by atoms with E-state index in [1.165, 1.54) is 43.5 Å². The van der Waals surface area contributed by atoms with Crippen molar-refractivity contribution in [2.24, 2.45) is 0 Å². The van der Waals surface area contributed by atoms with Gasteiger partial charge >= 0.3 is 5.97 Å². The van der Waals surface area contributed by atoms with Gasteiger partial charge in [-0.15, -0.1) is 0 Å². The number of carbonyl (C=O) groups is 1. The molecule has 0 aliphatic rings. The van der Waals surface area contributed by atoms with Gasteiger partial charge in [0.15, 0.2) is 0 Å². The van der Waals surface area contributed by atoms with E-state index in [0.717, 1.165) is 0 Å². The van der Waals surface area contributed by atoms with E-state index in [2.05, 4.69) is 25.4 Å². The molecule has 0 radical (unpaired) electrons. The molecule has 8 heteroatoms. The standard InChI is InChI=1S/C14H11BrClNO4S/c1-21-14(18)12-8-9(15)2-7-13(12)17-22(19,20)11-5-3-10(16)4-6-11/h2-8,17H,1H3. The van der Waals surface area contributed by atoms with Crippen molar-refractivity contribution in [3.63, 3.8) is 0 Å². The third-order valence-corrected chi connectivity index (χ3v) is 4.88. The summed E-state index contributed by atoms with van der Waals surface area (Å²) in [5.41, 5.74) is 0.236. The van der Waals surface area contributed by atoms with Gasteiger partial charge in [-0.2, -0.15) is 0 Å². The molecule has 2 aromatic rings. The van der Waals surface area contributed by atoms with Crippen molar-refractivity contribution in [3.05, 3.63) is 57.5 Å². The highest BCUT2D eigenvalue weighted by Crippen LogP contribution is 2.25. The average molecular weight is 405 g/mol. The van der Waals surface area contributed by atoms with Crippen molar-refractivity contribution < 1.29 is 17.9 Å². The van der Waals surface area contributed by atoms with Crippen LogP contribution in [-0.4, -0.2) is 21.5 Å². The van der Waals surface area contributed by atoms with Crippen LogP contribution < -0.4 is 4.72 Å². The number of methoxy groups -OCH3 is 1. The molecule has 0 saturated carbocycles. The molecule has 0 aliphatic carbocycles. The molecule has 0 fully saturated rings. The topological polar surface area (TPSA) is 72.5 Å². The lowest BCUT2D eigenvalue weighted by atomic mass is 10.2. The highest BCUT2D eigenvalue weighted by Gasteiger charge is 2.19. The van der Waals surface area contributed by atoms with E-state index in [1.807, 2.05) is 0 Å². The molecule has 116 valence electrons. The normalized spacial score (nSPS) is 11.0. The summed E-state index contributed by atoms with van der Waals surface area (Å²) < 4.78 is 32.3. The zero-order valence-electron chi connectivity index (χ0n) is 11.3. The first kappa shape index (κ1) is 16.8. The van der Waals surface area contributed by atoms with Crippen LogP contribution in [0.15, 0.2) is 51.8 Å². The van der Waals surface area contributed by atoms with Crippen LogP contribution in [0.2, 0.25) is 5.02 Å². The van der Waals surface area contributed by atoms with Crippen LogP contribution in [0.4, 0.5) is 5.69 Å². The number of nitrogens with one attached hydrogen (secondary N) is 1. The van der Waals surface area contributed by atoms with E-state index >= 15 is 0 Å². The molecular weight excluding hydrogens is 394 g/mol. The van der Waals surface area contributed by atoms with Crippen LogP contribution in [0.3, 0.4) is 0 Å². The van der Waals surface area contributed by atoms with Crippen molar-refractivity contribution in [1.29, 1.82) is 0 Å². The van der Waals surface area contributed by atoms with Crippen LogP contribution in [0.1, 0.15) is 10.4 Å². The number of hydrogen-bond acceptors (Lipinski definition) is 4. The Bertz CT molecular complexity index is 806. The summed E-state index contributed by atoms with van der Waals surface area (Å²) in [6.07, 6.45) is 0. The summed E-state index contributed by atoms with van der Waals surface area (Å²) in [5.74, 6) is -0.643. The Hall–Kier alpha value is -1.57. The SMILES string of the molecule is COC(=O)c1cc(Br)ccc1NS(=O)(=O)c1ccc(Cl)cc1. The van der Waals surface area contributed by atoms with Crippen LogP contribution in [-0.2, 0) is 14.8 Å². The van der Waals surface area contributed by atoms with Gasteiger partial charge in [-0.3, -0.25) is 4.72 Å². The summed E-state index contributed by atoms with van der Waals surface area (Å²) >= 11 is 8.97. The number of ether oxygens (including phenoxy) is 1. The molecular formula is C14H11BrClNO4S. The molecule has 0 bridgehead atoms. The maximum atomic E-state index is 12.3. The minimum atomic E-state index is -3.84. The van der Waals surface area contributed by atoms with Gasteiger partial charge in [0.05, 0.1) is 23.3 Å². The molecule has 0 heterocycles. The number of carbonyl (C=O) groups excluding carboxylic acids is 1. The second kappa shape index (κ2) is 6.68. The number of halogens is 2. The van der Waals surface area contributed by atoms with E-state index in [-0.39, 0.29) is 16.1 Å². The van der Waals surface area contributed by atoms with Gasteiger partial charge in [0.25, 0.3) is 10.0 Å². The summed E-state index contributed by atoms with van der Waals surface area (Å²) in [6, 6.07) is 10.3. The quantitative estimate of drug-likeness (QED) is 0.789. The Kier molecular flexibility index (Phi) is 5.10. The van der Waals surface area contributed by atoms with E-state index in [0.29, 0.717) is 9.50 Å². The number of sulfonamides is 1. The third kappa shape index (κ3) is 3.79. The fraction of sp³-hybridized carbons (Fsp3) is 0.0714. The molecule has 0 aliphatic heterocycles. The average Bonchev–Trinajstić information content (AvgIpc) is 2.48. The number of anilines is 1. The van der Waals surface area contributed by atoms with E-state index < -0.39 is 16.0 Å². The maximum Gasteiger partial charge on any atom is 0.340 e. The Labute approximate surface area is 141 Å². The summed E-state index contributed by atoms with van der Waals surface area (Å²) in [7, 11) is -2.62. The predicted octanol–water partition coefficient (Wildman–Crippen LogP) is 3.69. The fourth-order valence-corrected chi connectivity index (χ4v) is 3.27. The van der Waals surface area contributed by atoms with Crippen LogP contribution in [0.25, 0.3) is 0 Å². The zero-order valence-corrected chi connectivity index (χ0v) is 14.5. The third-order valence-electron chi connectivity index (χ3n) is 2.76. The monoisotopic (exact) mass is 403 g/mol. The van der Waals surface area contributed by atoms with Gasteiger partial charge in [0.1, 0.15) is 0 Å². The van der Waals surface area contributed by atoms with Crippen molar-refractivity contribution >= 4 is 49.2 Å². The lowest BCUT2D eigenvalue weighted by Gasteiger charge is -2.12.